The lowest BCUT2D eigenvalue weighted by Gasteiger charge is -2.28. The van der Waals surface area contributed by atoms with E-state index in [1.54, 1.807) is 24.3 Å². The Bertz CT molecular complexity index is 849. The molecule has 0 unspecified atom stereocenters. The van der Waals surface area contributed by atoms with E-state index in [2.05, 4.69) is 5.32 Å². The van der Waals surface area contributed by atoms with Crippen molar-refractivity contribution < 1.29 is 18.3 Å². The number of sulfonamides is 1. The zero-order chi connectivity index (χ0) is 18.1. The highest BCUT2D eigenvalue weighted by atomic mass is 32.2. The van der Waals surface area contributed by atoms with Crippen LogP contribution in [0, 0.1) is 23.7 Å². The van der Waals surface area contributed by atoms with E-state index in [-0.39, 0.29) is 28.7 Å². The Hall–Kier alpha value is -1.44. The zero-order valence-corrected chi connectivity index (χ0v) is 15.4. The van der Waals surface area contributed by atoms with Crippen molar-refractivity contribution >= 4 is 21.6 Å². The van der Waals surface area contributed by atoms with Crippen LogP contribution in [0.3, 0.4) is 0 Å². The summed E-state index contributed by atoms with van der Waals surface area (Å²) >= 11 is 0. The Balaban J connectivity index is 1.40. The third-order valence-electron chi connectivity index (χ3n) is 6.99. The van der Waals surface area contributed by atoms with Gasteiger partial charge in [-0.3, -0.25) is 4.79 Å². The number of rotatable bonds is 4. The van der Waals surface area contributed by atoms with Crippen molar-refractivity contribution in [3.8, 4) is 0 Å². The number of fused-ring (bicyclic) bond motifs is 1. The number of nitrogens with zero attached hydrogens (tertiary/aromatic N) is 1. The Labute approximate surface area is 153 Å². The highest BCUT2D eigenvalue weighted by Gasteiger charge is 2.61. The molecule has 140 valence electrons. The fourth-order valence-corrected chi connectivity index (χ4v) is 7.21. The molecule has 7 heteroatoms. The van der Waals surface area contributed by atoms with Gasteiger partial charge >= 0.3 is 0 Å². The Morgan fingerprint density at radius 3 is 2.69 bits per heavy atom. The number of benzene rings is 1. The molecule has 0 aromatic heterocycles. The minimum absolute atomic E-state index is 0.0286. The maximum Gasteiger partial charge on any atom is 0.243 e. The number of hydrogen-bond acceptors (Lipinski definition) is 4. The highest BCUT2D eigenvalue weighted by molar-refractivity contribution is 7.89. The molecular formula is C19H24N2O4S. The molecule has 0 radical (unpaired) electrons. The predicted octanol–water partition coefficient (Wildman–Crippen LogP) is 1.81. The van der Waals surface area contributed by atoms with Crippen LogP contribution in [0.15, 0.2) is 29.2 Å². The summed E-state index contributed by atoms with van der Waals surface area (Å²) < 4.78 is 28.0. The van der Waals surface area contributed by atoms with E-state index < -0.39 is 16.1 Å². The predicted molar refractivity (Wildman–Crippen MR) is 95.8 cm³/mol. The number of hydrogen-bond donors (Lipinski definition) is 2. The van der Waals surface area contributed by atoms with Crippen molar-refractivity contribution in [2.45, 2.75) is 49.1 Å². The lowest BCUT2D eigenvalue weighted by atomic mass is 9.85. The van der Waals surface area contributed by atoms with Crippen LogP contribution in [0.4, 0.5) is 5.69 Å². The summed E-state index contributed by atoms with van der Waals surface area (Å²) in [6.07, 6.45) is 4.22. The second-order valence-corrected chi connectivity index (χ2v) is 10.2. The van der Waals surface area contributed by atoms with Crippen LogP contribution in [-0.2, 0) is 14.8 Å². The van der Waals surface area contributed by atoms with E-state index in [1.165, 1.54) is 4.31 Å². The van der Waals surface area contributed by atoms with Gasteiger partial charge in [0.05, 0.1) is 17.0 Å². The standard InChI is InChI=1S/C19H24N2O4S/c22-18-12-7-13-10-21(17(18)16(13)8-12)26(24,25)15-6-2-5-14(9-15)20-19(23)11-3-1-4-11/h2,5-6,9,11-13,16-18,22H,1,3-4,7-8,10H2,(H,20,23)/t12-,13-,16+,17+,18-/m0/s1. The molecule has 2 bridgehead atoms. The summed E-state index contributed by atoms with van der Waals surface area (Å²) in [5, 5.41) is 13.3. The summed E-state index contributed by atoms with van der Waals surface area (Å²) in [7, 11) is -3.68. The lowest BCUT2D eigenvalue weighted by Crippen LogP contribution is -2.43. The maximum atomic E-state index is 13.2. The van der Waals surface area contributed by atoms with Crippen LogP contribution >= 0.6 is 0 Å². The highest BCUT2D eigenvalue weighted by Crippen LogP contribution is 2.56. The lowest BCUT2D eigenvalue weighted by molar-refractivity contribution is -0.122. The SMILES string of the molecule is O=C(Nc1cccc(S(=O)(=O)N2C[C@@H]3C[C@H]4C[C@H]3[C@@H]2[C@H]4O)c1)C1CCC1. The molecule has 3 aliphatic carbocycles. The second kappa shape index (κ2) is 5.78. The molecule has 4 fully saturated rings. The fraction of sp³-hybridized carbons (Fsp3) is 0.632. The smallest absolute Gasteiger partial charge is 0.243 e. The fourth-order valence-electron chi connectivity index (χ4n) is 5.42. The van der Waals surface area contributed by atoms with Gasteiger partial charge in [-0.2, -0.15) is 4.31 Å². The normalized spacial score (nSPS) is 36.3. The first-order chi connectivity index (χ1) is 12.4. The summed E-state index contributed by atoms with van der Waals surface area (Å²) in [6.45, 7) is 0.504. The summed E-state index contributed by atoms with van der Waals surface area (Å²) in [5.41, 5.74) is 0.523. The van der Waals surface area contributed by atoms with Crippen molar-refractivity contribution in [1.29, 1.82) is 0 Å². The molecule has 1 amide bonds. The Morgan fingerprint density at radius 2 is 2.00 bits per heavy atom. The van der Waals surface area contributed by atoms with E-state index in [0.717, 1.165) is 32.1 Å². The minimum atomic E-state index is -3.68. The average Bonchev–Trinajstić information content (AvgIpc) is 3.15. The van der Waals surface area contributed by atoms with Crippen molar-refractivity contribution in [2.75, 3.05) is 11.9 Å². The van der Waals surface area contributed by atoms with Crippen LogP contribution in [0.25, 0.3) is 0 Å². The summed E-state index contributed by atoms with van der Waals surface area (Å²) in [5.74, 6) is 0.952. The molecule has 1 heterocycles. The second-order valence-electron chi connectivity index (χ2n) is 8.36. The summed E-state index contributed by atoms with van der Waals surface area (Å²) in [4.78, 5) is 12.3. The van der Waals surface area contributed by atoms with Crippen molar-refractivity contribution in [3.63, 3.8) is 0 Å². The number of aliphatic hydroxyl groups excluding tert-OH is 1. The van der Waals surface area contributed by atoms with Crippen LogP contribution in [-0.4, -0.2) is 42.4 Å². The summed E-state index contributed by atoms with van der Waals surface area (Å²) in [6, 6.07) is 6.24. The molecule has 3 saturated carbocycles. The van der Waals surface area contributed by atoms with Crippen molar-refractivity contribution in [2.24, 2.45) is 23.7 Å². The van der Waals surface area contributed by atoms with Gasteiger partial charge in [0, 0.05) is 18.2 Å². The molecule has 4 aliphatic rings. The van der Waals surface area contributed by atoms with Crippen molar-refractivity contribution in [3.05, 3.63) is 24.3 Å². The number of nitrogens with one attached hydrogen (secondary N) is 1. The van der Waals surface area contributed by atoms with Crippen molar-refractivity contribution in [1.82, 2.24) is 4.31 Å². The number of carbonyl (C=O) groups is 1. The first-order valence-electron chi connectivity index (χ1n) is 9.56. The first kappa shape index (κ1) is 16.7. The van der Waals surface area contributed by atoms with Gasteiger partial charge in [0.2, 0.25) is 15.9 Å². The number of amides is 1. The monoisotopic (exact) mass is 376 g/mol. The maximum absolute atomic E-state index is 13.2. The molecule has 0 spiro atoms. The average molecular weight is 376 g/mol. The van der Waals surface area contributed by atoms with E-state index in [9.17, 15) is 18.3 Å². The molecule has 1 aromatic rings. The molecule has 5 atom stereocenters. The van der Waals surface area contributed by atoms with Crippen LogP contribution < -0.4 is 5.32 Å². The van der Waals surface area contributed by atoms with E-state index in [4.69, 9.17) is 0 Å². The minimum Gasteiger partial charge on any atom is -0.391 e. The van der Waals surface area contributed by atoms with Crippen LogP contribution in [0.2, 0.25) is 0 Å². The van der Waals surface area contributed by atoms with Gasteiger partial charge in [-0.15, -0.1) is 0 Å². The topological polar surface area (TPSA) is 86.7 Å². The molecule has 5 rings (SSSR count). The molecule has 1 aliphatic heterocycles. The molecule has 6 nitrogen and oxygen atoms in total. The van der Waals surface area contributed by atoms with Gasteiger partial charge in [0.1, 0.15) is 0 Å². The zero-order valence-electron chi connectivity index (χ0n) is 14.5. The Kier molecular flexibility index (Phi) is 3.71. The molecular weight excluding hydrogens is 352 g/mol. The van der Waals surface area contributed by atoms with E-state index >= 15 is 0 Å². The van der Waals surface area contributed by atoms with Crippen LogP contribution in [0.1, 0.15) is 32.1 Å². The number of carbonyl (C=O) groups excluding carboxylic acids is 1. The van der Waals surface area contributed by atoms with E-state index in [1.807, 2.05) is 0 Å². The number of anilines is 1. The molecule has 1 saturated heterocycles. The Morgan fingerprint density at radius 1 is 1.19 bits per heavy atom. The third-order valence-corrected chi connectivity index (χ3v) is 8.85. The van der Waals surface area contributed by atoms with Gasteiger partial charge < -0.3 is 10.4 Å². The molecule has 1 aromatic carbocycles. The van der Waals surface area contributed by atoms with Crippen LogP contribution in [0.5, 0.6) is 0 Å². The van der Waals surface area contributed by atoms with Gasteiger partial charge in [-0.05, 0) is 61.6 Å². The van der Waals surface area contributed by atoms with E-state index in [0.29, 0.717) is 24.1 Å². The van der Waals surface area contributed by atoms with Gasteiger partial charge in [-0.1, -0.05) is 12.5 Å². The molecule has 2 N–H and O–H groups in total. The van der Waals surface area contributed by atoms with Gasteiger partial charge in [0.25, 0.3) is 0 Å². The van der Waals surface area contributed by atoms with Gasteiger partial charge in [-0.25, -0.2) is 8.42 Å². The first-order valence-corrected chi connectivity index (χ1v) is 11.0. The largest absolute Gasteiger partial charge is 0.391 e. The number of aliphatic hydroxyl groups is 1. The molecule has 26 heavy (non-hydrogen) atoms. The third kappa shape index (κ3) is 2.37. The quantitative estimate of drug-likeness (QED) is 0.839. The van der Waals surface area contributed by atoms with Gasteiger partial charge in [0.15, 0.2) is 0 Å².